The summed E-state index contributed by atoms with van der Waals surface area (Å²) in [6, 6.07) is 17.5. The molecule has 7 nitrogen and oxygen atoms in total. The SMILES string of the molecule is COC(=O)c1cccc(NC(=O)CN(c2cc(Cl)ccc2C)S(=O)(=O)c2ccccc2)c1C. The van der Waals surface area contributed by atoms with E-state index in [2.05, 4.69) is 5.32 Å². The van der Waals surface area contributed by atoms with Crippen LogP contribution in [0.1, 0.15) is 21.5 Å². The zero-order chi connectivity index (χ0) is 24.2. The molecule has 0 atom stereocenters. The fraction of sp³-hybridized carbons (Fsp3) is 0.167. The highest BCUT2D eigenvalue weighted by molar-refractivity contribution is 7.92. The van der Waals surface area contributed by atoms with Crippen LogP contribution in [0, 0.1) is 13.8 Å². The maximum Gasteiger partial charge on any atom is 0.338 e. The Morgan fingerprint density at radius 2 is 1.70 bits per heavy atom. The van der Waals surface area contributed by atoms with Crippen LogP contribution < -0.4 is 9.62 Å². The minimum Gasteiger partial charge on any atom is -0.465 e. The zero-order valence-corrected chi connectivity index (χ0v) is 19.9. The van der Waals surface area contributed by atoms with E-state index in [1.165, 1.54) is 25.3 Å². The van der Waals surface area contributed by atoms with Gasteiger partial charge in [0.2, 0.25) is 5.91 Å². The first-order chi connectivity index (χ1) is 15.6. The Morgan fingerprint density at radius 1 is 1.00 bits per heavy atom. The molecule has 0 aliphatic heterocycles. The number of anilines is 2. The summed E-state index contributed by atoms with van der Waals surface area (Å²) >= 11 is 6.14. The highest BCUT2D eigenvalue weighted by Gasteiger charge is 2.28. The first-order valence-corrected chi connectivity index (χ1v) is 11.8. The van der Waals surface area contributed by atoms with Crippen molar-refractivity contribution >= 4 is 44.9 Å². The number of carbonyl (C=O) groups excluding carboxylic acids is 2. The number of carbonyl (C=O) groups is 2. The van der Waals surface area contributed by atoms with Gasteiger partial charge in [0.15, 0.2) is 0 Å². The number of rotatable bonds is 7. The van der Waals surface area contributed by atoms with E-state index in [4.69, 9.17) is 16.3 Å². The Morgan fingerprint density at radius 3 is 2.36 bits per heavy atom. The number of sulfonamides is 1. The molecule has 1 N–H and O–H groups in total. The van der Waals surface area contributed by atoms with Crippen LogP contribution in [0.4, 0.5) is 11.4 Å². The Kier molecular flexibility index (Phi) is 7.40. The van der Waals surface area contributed by atoms with Crippen LogP contribution in [0.15, 0.2) is 71.6 Å². The van der Waals surface area contributed by atoms with Gasteiger partial charge < -0.3 is 10.1 Å². The molecule has 1 amide bonds. The average molecular weight is 487 g/mol. The predicted octanol–water partition coefficient (Wildman–Crippen LogP) is 4.58. The maximum absolute atomic E-state index is 13.5. The maximum atomic E-state index is 13.5. The van der Waals surface area contributed by atoms with E-state index in [-0.39, 0.29) is 4.90 Å². The van der Waals surface area contributed by atoms with Crippen LogP contribution in [0.25, 0.3) is 0 Å². The first kappa shape index (κ1) is 24.3. The monoisotopic (exact) mass is 486 g/mol. The van der Waals surface area contributed by atoms with Crippen molar-refractivity contribution in [2.75, 3.05) is 23.3 Å². The number of nitrogens with zero attached hydrogens (tertiary/aromatic N) is 1. The van der Waals surface area contributed by atoms with E-state index in [0.717, 1.165) is 4.31 Å². The van der Waals surface area contributed by atoms with Crippen LogP contribution in [-0.4, -0.2) is 33.9 Å². The van der Waals surface area contributed by atoms with E-state index < -0.39 is 28.4 Å². The van der Waals surface area contributed by atoms with Gasteiger partial charge in [0, 0.05) is 10.7 Å². The third-order valence-corrected chi connectivity index (χ3v) is 7.08. The van der Waals surface area contributed by atoms with Crippen molar-refractivity contribution < 1.29 is 22.7 Å². The van der Waals surface area contributed by atoms with Crippen molar-refractivity contribution in [3.63, 3.8) is 0 Å². The molecule has 0 saturated carbocycles. The van der Waals surface area contributed by atoms with E-state index in [0.29, 0.717) is 33.1 Å². The van der Waals surface area contributed by atoms with Crippen LogP contribution >= 0.6 is 11.6 Å². The molecule has 0 heterocycles. The van der Waals surface area contributed by atoms with Crippen LogP contribution in [0.5, 0.6) is 0 Å². The quantitative estimate of drug-likeness (QED) is 0.493. The van der Waals surface area contributed by atoms with Gasteiger partial charge in [-0.15, -0.1) is 0 Å². The van der Waals surface area contributed by atoms with Gasteiger partial charge in [0.1, 0.15) is 6.54 Å². The fourth-order valence-corrected chi connectivity index (χ4v) is 4.96. The Balaban J connectivity index is 1.99. The van der Waals surface area contributed by atoms with Gasteiger partial charge in [0.05, 0.1) is 23.3 Å². The third-order valence-electron chi connectivity index (χ3n) is 5.07. The first-order valence-electron chi connectivity index (χ1n) is 9.97. The summed E-state index contributed by atoms with van der Waals surface area (Å²) in [5.74, 6) is -1.12. The molecule has 172 valence electrons. The van der Waals surface area contributed by atoms with Crippen LogP contribution in [0.2, 0.25) is 5.02 Å². The number of amides is 1. The number of hydrogen-bond acceptors (Lipinski definition) is 5. The van der Waals surface area contributed by atoms with E-state index in [1.807, 2.05) is 0 Å². The minimum atomic E-state index is -4.08. The molecule has 3 aromatic rings. The van der Waals surface area contributed by atoms with Crippen molar-refractivity contribution in [2.45, 2.75) is 18.7 Å². The number of hydrogen-bond donors (Lipinski definition) is 1. The average Bonchev–Trinajstić information content (AvgIpc) is 2.80. The normalized spacial score (nSPS) is 11.0. The summed E-state index contributed by atoms with van der Waals surface area (Å²) in [4.78, 5) is 25.0. The summed E-state index contributed by atoms with van der Waals surface area (Å²) in [5.41, 5.74) is 2.11. The van der Waals surface area contributed by atoms with Crippen molar-refractivity contribution in [1.82, 2.24) is 0 Å². The second-order valence-corrected chi connectivity index (χ2v) is 9.57. The molecular formula is C24H23ClN2O5S. The lowest BCUT2D eigenvalue weighted by molar-refractivity contribution is -0.114. The van der Waals surface area contributed by atoms with Gasteiger partial charge in [-0.2, -0.15) is 0 Å². The lowest BCUT2D eigenvalue weighted by Crippen LogP contribution is -2.38. The Bertz CT molecular complexity index is 1290. The summed E-state index contributed by atoms with van der Waals surface area (Å²) < 4.78 is 32.7. The standard InChI is InChI=1S/C24H23ClN2O5S/c1-16-12-13-18(25)14-22(16)27(33(30,31)19-8-5-4-6-9-19)15-23(28)26-21-11-7-10-20(17(21)2)24(29)32-3/h4-14H,15H2,1-3H3,(H,26,28). The van der Waals surface area contributed by atoms with E-state index in [9.17, 15) is 18.0 Å². The zero-order valence-electron chi connectivity index (χ0n) is 18.3. The second-order valence-electron chi connectivity index (χ2n) is 7.27. The molecule has 0 radical (unpaired) electrons. The minimum absolute atomic E-state index is 0.0426. The molecule has 0 aliphatic rings. The molecule has 3 aromatic carbocycles. The molecular weight excluding hydrogens is 464 g/mol. The number of aryl methyl sites for hydroxylation is 1. The molecule has 0 fully saturated rings. The van der Waals surface area contributed by atoms with Gasteiger partial charge in [-0.1, -0.05) is 41.9 Å². The lowest BCUT2D eigenvalue weighted by Gasteiger charge is -2.26. The third kappa shape index (κ3) is 5.35. The number of nitrogens with one attached hydrogen (secondary N) is 1. The summed E-state index contributed by atoms with van der Waals surface area (Å²) in [7, 11) is -2.81. The largest absolute Gasteiger partial charge is 0.465 e. The molecule has 0 spiro atoms. The van der Waals surface area contributed by atoms with Crippen molar-refractivity contribution in [2.24, 2.45) is 0 Å². The van der Waals surface area contributed by atoms with Gasteiger partial charge in [-0.3, -0.25) is 9.10 Å². The van der Waals surface area contributed by atoms with Gasteiger partial charge in [-0.25, -0.2) is 13.2 Å². The van der Waals surface area contributed by atoms with Gasteiger partial charge >= 0.3 is 5.97 Å². The van der Waals surface area contributed by atoms with Crippen molar-refractivity contribution in [1.29, 1.82) is 0 Å². The van der Waals surface area contributed by atoms with E-state index >= 15 is 0 Å². The molecule has 0 unspecified atom stereocenters. The molecule has 0 aliphatic carbocycles. The summed E-state index contributed by atoms with van der Waals surface area (Å²) in [5, 5.41) is 3.04. The second kappa shape index (κ2) is 10.1. The smallest absolute Gasteiger partial charge is 0.338 e. The van der Waals surface area contributed by atoms with E-state index in [1.54, 1.807) is 62.4 Å². The Hall–Kier alpha value is -3.36. The van der Waals surface area contributed by atoms with Gasteiger partial charge in [-0.05, 0) is 61.4 Å². The highest BCUT2D eigenvalue weighted by atomic mass is 35.5. The van der Waals surface area contributed by atoms with Crippen LogP contribution in [0.3, 0.4) is 0 Å². The molecule has 0 saturated heterocycles. The highest BCUT2D eigenvalue weighted by Crippen LogP contribution is 2.29. The molecule has 3 rings (SSSR count). The van der Waals surface area contributed by atoms with Crippen molar-refractivity contribution in [3.05, 3.63) is 88.4 Å². The van der Waals surface area contributed by atoms with Gasteiger partial charge in [0.25, 0.3) is 10.0 Å². The molecule has 0 aromatic heterocycles. The predicted molar refractivity (Wildman–Crippen MR) is 128 cm³/mol. The topological polar surface area (TPSA) is 92.8 Å². The number of ether oxygens (including phenoxy) is 1. The summed E-state index contributed by atoms with van der Waals surface area (Å²) in [6.07, 6.45) is 0. The number of methoxy groups -OCH3 is 1. The number of esters is 1. The number of benzene rings is 3. The lowest BCUT2D eigenvalue weighted by atomic mass is 10.1. The molecule has 9 heteroatoms. The van der Waals surface area contributed by atoms with Crippen LogP contribution in [-0.2, 0) is 19.6 Å². The summed E-state index contributed by atoms with van der Waals surface area (Å²) in [6.45, 7) is 2.91. The molecule has 0 bridgehead atoms. The number of halogens is 1. The Labute approximate surface area is 198 Å². The fourth-order valence-electron chi connectivity index (χ4n) is 3.29. The molecule has 33 heavy (non-hydrogen) atoms. The van der Waals surface area contributed by atoms with Crippen molar-refractivity contribution in [3.8, 4) is 0 Å².